The molecule has 0 aromatic carbocycles. The van der Waals surface area contributed by atoms with E-state index < -0.39 is 0 Å². The van der Waals surface area contributed by atoms with Gasteiger partial charge in [-0.15, -0.1) is 0 Å². The molecule has 0 atom stereocenters. The van der Waals surface area contributed by atoms with E-state index in [4.69, 9.17) is 4.74 Å². The minimum absolute atomic E-state index is 0.206. The van der Waals surface area contributed by atoms with E-state index >= 15 is 0 Å². The van der Waals surface area contributed by atoms with Crippen molar-refractivity contribution in [3.63, 3.8) is 0 Å². The molecule has 0 unspecified atom stereocenters. The van der Waals surface area contributed by atoms with Crippen LogP contribution in [0.4, 0.5) is 0 Å². The van der Waals surface area contributed by atoms with Gasteiger partial charge < -0.3 is 15.0 Å². The predicted molar refractivity (Wildman–Crippen MR) is 59.8 cm³/mol. The molecule has 0 aromatic heterocycles. The van der Waals surface area contributed by atoms with E-state index in [2.05, 4.69) is 12.2 Å². The summed E-state index contributed by atoms with van der Waals surface area (Å²) >= 11 is 0. The lowest BCUT2D eigenvalue weighted by Crippen LogP contribution is -2.51. The lowest BCUT2D eigenvalue weighted by molar-refractivity contribution is -0.133. The second-order valence-electron chi connectivity index (χ2n) is 4.43. The molecule has 1 N–H and O–H groups in total. The lowest BCUT2D eigenvalue weighted by atomic mass is 9.90. The Morgan fingerprint density at radius 1 is 1.47 bits per heavy atom. The van der Waals surface area contributed by atoms with Crippen LogP contribution in [0.3, 0.4) is 0 Å². The molecule has 1 heterocycles. The first-order valence-corrected chi connectivity index (χ1v) is 5.57. The van der Waals surface area contributed by atoms with Gasteiger partial charge in [-0.2, -0.15) is 0 Å². The molecule has 88 valence electrons. The number of methoxy groups -OCH3 is 1. The minimum Gasteiger partial charge on any atom is -0.384 e. The molecule has 0 radical (unpaired) electrons. The molecule has 1 aliphatic rings. The predicted octanol–water partition coefficient (Wildman–Crippen LogP) is 0.623. The van der Waals surface area contributed by atoms with Crippen LogP contribution < -0.4 is 5.32 Å². The fourth-order valence-corrected chi connectivity index (χ4v) is 1.85. The molecule has 1 fully saturated rings. The van der Waals surface area contributed by atoms with Gasteiger partial charge >= 0.3 is 0 Å². The maximum Gasteiger partial charge on any atom is 0.224 e. The third-order valence-electron chi connectivity index (χ3n) is 3.34. The fraction of sp³-hybridized carbons (Fsp3) is 0.909. The van der Waals surface area contributed by atoms with Crippen molar-refractivity contribution < 1.29 is 9.53 Å². The molecule has 0 bridgehead atoms. The smallest absolute Gasteiger partial charge is 0.224 e. The van der Waals surface area contributed by atoms with Crippen molar-refractivity contribution in [1.29, 1.82) is 0 Å². The second-order valence-corrected chi connectivity index (χ2v) is 4.43. The number of carbonyl (C=O) groups excluding carboxylic acids is 1. The summed E-state index contributed by atoms with van der Waals surface area (Å²) in [6, 6.07) is 0. The summed E-state index contributed by atoms with van der Waals surface area (Å²) in [6.07, 6.45) is 2.57. The Morgan fingerprint density at radius 3 is 2.53 bits per heavy atom. The van der Waals surface area contributed by atoms with Gasteiger partial charge in [0, 0.05) is 25.7 Å². The van der Waals surface area contributed by atoms with E-state index in [-0.39, 0.29) is 11.4 Å². The number of nitrogens with zero attached hydrogens (tertiary/aromatic N) is 1. The van der Waals surface area contributed by atoms with Crippen LogP contribution in [0.1, 0.15) is 26.2 Å². The van der Waals surface area contributed by atoms with Gasteiger partial charge in [0.05, 0.1) is 13.0 Å². The topological polar surface area (TPSA) is 41.6 Å². The first-order valence-electron chi connectivity index (χ1n) is 5.57. The molecule has 0 aromatic rings. The zero-order chi connectivity index (χ0) is 11.3. The fourth-order valence-electron chi connectivity index (χ4n) is 1.85. The Morgan fingerprint density at radius 2 is 2.07 bits per heavy atom. The molecular formula is C11H22N2O2. The van der Waals surface area contributed by atoms with Gasteiger partial charge in [0.2, 0.25) is 5.91 Å². The van der Waals surface area contributed by atoms with Crippen LogP contribution >= 0.6 is 0 Å². The van der Waals surface area contributed by atoms with E-state index in [1.165, 1.54) is 0 Å². The van der Waals surface area contributed by atoms with E-state index in [1.807, 2.05) is 11.9 Å². The summed E-state index contributed by atoms with van der Waals surface area (Å²) < 4.78 is 4.91. The highest BCUT2D eigenvalue weighted by atomic mass is 16.5. The van der Waals surface area contributed by atoms with Gasteiger partial charge in [0.15, 0.2) is 0 Å². The molecule has 1 amide bonds. The van der Waals surface area contributed by atoms with Crippen molar-refractivity contribution >= 4 is 5.91 Å². The molecule has 1 aliphatic heterocycles. The third-order valence-corrected chi connectivity index (χ3v) is 3.34. The molecule has 0 aliphatic carbocycles. The van der Waals surface area contributed by atoms with Crippen LogP contribution in [-0.2, 0) is 9.53 Å². The van der Waals surface area contributed by atoms with Crippen molar-refractivity contribution in [3.05, 3.63) is 0 Å². The van der Waals surface area contributed by atoms with Crippen molar-refractivity contribution in [1.82, 2.24) is 10.2 Å². The molecule has 0 spiro atoms. The molecule has 15 heavy (non-hydrogen) atoms. The summed E-state index contributed by atoms with van der Waals surface area (Å²) in [5.74, 6) is 0.218. The highest BCUT2D eigenvalue weighted by Gasteiger charge is 2.29. The maximum absolute atomic E-state index is 11.7. The van der Waals surface area contributed by atoms with Gasteiger partial charge in [0.25, 0.3) is 0 Å². The standard InChI is InChI=1S/C11H22N2O2/c1-11(12-2)5-7-13(8-6-11)10(14)4-9-15-3/h12H,4-9H2,1-3H3. The van der Waals surface area contributed by atoms with Gasteiger partial charge in [-0.1, -0.05) is 0 Å². The van der Waals surface area contributed by atoms with Gasteiger partial charge in [-0.05, 0) is 26.8 Å². The number of ether oxygens (including phenoxy) is 1. The summed E-state index contributed by atoms with van der Waals surface area (Å²) in [6.45, 7) is 4.46. The number of piperidine rings is 1. The minimum atomic E-state index is 0.206. The van der Waals surface area contributed by atoms with Crippen LogP contribution in [0, 0.1) is 0 Å². The first kappa shape index (κ1) is 12.5. The largest absolute Gasteiger partial charge is 0.384 e. The van der Waals surface area contributed by atoms with E-state index in [0.717, 1.165) is 25.9 Å². The molecule has 0 saturated carbocycles. The highest BCUT2D eigenvalue weighted by Crippen LogP contribution is 2.21. The summed E-state index contributed by atoms with van der Waals surface area (Å²) in [5.41, 5.74) is 0.206. The Kier molecular flexibility index (Phi) is 4.54. The number of carbonyl (C=O) groups is 1. The number of likely N-dealkylation sites (tertiary alicyclic amines) is 1. The molecular weight excluding hydrogens is 192 g/mol. The van der Waals surface area contributed by atoms with Gasteiger partial charge in [-0.25, -0.2) is 0 Å². The van der Waals surface area contributed by atoms with Crippen LogP contribution in [0.15, 0.2) is 0 Å². The Balaban J connectivity index is 2.33. The lowest BCUT2D eigenvalue weighted by Gasteiger charge is -2.39. The number of hydrogen-bond acceptors (Lipinski definition) is 3. The number of hydrogen-bond donors (Lipinski definition) is 1. The quantitative estimate of drug-likeness (QED) is 0.746. The van der Waals surface area contributed by atoms with Gasteiger partial charge in [-0.3, -0.25) is 4.79 Å². The Bertz CT molecular complexity index is 211. The van der Waals surface area contributed by atoms with Crippen LogP contribution in [-0.4, -0.2) is 50.2 Å². The van der Waals surface area contributed by atoms with Crippen molar-refractivity contribution in [3.8, 4) is 0 Å². The average Bonchev–Trinajstić information content (AvgIpc) is 2.27. The molecule has 4 nitrogen and oxygen atoms in total. The summed E-state index contributed by atoms with van der Waals surface area (Å²) in [4.78, 5) is 13.6. The number of nitrogens with one attached hydrogen (secondary N) is 1. The Hall–Kier alpha value is -0.610. The van der Waals surface area contributed by atoms with Crippen molar-refractivity contribution in [2.45, 2.75) is 31.7 Å². The van der Waals surface area contributed by atoms with Crippen molar-refractivity contribution in [2.75, 3.05) is 33.9 Å². The molecule has 4 heteroatoms. The van der Waals surface area contributed by atoms with E-state index in [9.17, 15) is 4.79 Å². The van der Waals surface area contributed by atoms with E-state index in [0.29, 0.717) is 13.0 Å². The number of rotatable bonds is 4. The third kappa shape index (κ3) is 3.47. The van der Waals surface area contributed by atoms with Crippen molar-refractivity contribution in [2.24, 2.45) is 0 Å². The zero-order valence-electron chi connectivity index (χ0n) is 10.0. The Labute approximate surface area is 92.0 Å². The summed E-state index contributed by atoms with van der Waals surface area (Å²) in [5, 5.41) is 3.32. The SMILES string of the molecule is CNC1(C)CCN(C(=O)CCOC)CC1. The second kappa shape index (κ2) is 5.47. The van der Waals surface area contributed by atoms with Crippen LogP contribution in [0.2, 0.25) is 0 Å². The summed E-state index contributed by atoms with van der Waals surface area (Å²) in [7, 11) is 3.62. The number of amides is 1. The average molecular weight is 214 g/mol. The van der Waals surface area contributed by atoms with Gasteiger partial charge in [0.1, 0.15) is 0 Å². The molecule has 1 rings (SSSR count). The highest BCUT2D eigenvalue weighted by molar-refractivity contribution is 5.76. The maximum atomic E-state index is 11.7. The van der Waals surface area contributed by atoms with E-state index in [1.54, 1.807) is 7.11 Å². The zero-order valence-corrected chi connectivity index (χ0v) is 10.0. The normalized spacial score (nSPS) is 20.3. The van der Waals surface area contributed by atoms with Crippen LogP contribution in [0.5, 0.6) is 0 Å². The first-order chi connectivity index (χ1) is 7.11. The van der Waals surface area contributed by atoms with Crippen LogP contribution in [0.25, 0.3) is 0 Å². The monoisotopic (exact) mass is 214 g/mol. The molecule has 1 saturated heterocycles.